The molecule has 5 heteroatoms. The predicted molar refractivity (Wildman–Crippen MR) is 112 cm³/mol. The molecule has 0 aliphatic rings. The maximum Gasteiger partial charge on any atom is 0.416 e. The second kappa shape index (κ2) is 9.48. The van der Waals surface area contributed by atoms with Gasteiger partial charge in [-0.25, -0.2) is 0 Å². The normalized spacial score (nSPS) is 13.0. The molecule has 0 bridgehead atoms. The smallest absolute Gasteiger partial charge is 0.310 e. The third-order valence-corrected chi connectivity index (χ3v) is 5.86. The summed E-state index contributed by atoms with van der Waals surface area (Å²) in [6.45, 7) is 3.09. The van der Waals surface area contributed by atoms with Gasteiger partial charge in [-0.3, -0.25) is 0 Å². The lowest BCUT2D eigenvalue weighted by Crippen LogP contribution is -2.20. The average molecular weight is 404 g/mol. The van der Waals surface area contributed by atoms with Crippen LogP contribution in [0.3, 0.4) is 0 Å². The Balaban J connectivity index is 1.40. The number of unbranched alkanes of at least 4 members (excludes halogenated alkanes) is 1. The highest BCUT2D eigenvalue weighted by Gasteiger charge is 2.29. The van der Waals surface area contributed by atoms with E-state index < -0.39 is 11.7 Å². The zero-order chi connectivity index (χ0) is 20.0. The molecule has 0 heterocycles. The molecule has 0 aromatic heterocycles. The summed E-state index contributed by atoms with van der Waals surface area (Å²) in [5.41, 5.74) is 0.709. The molecule has 3 rings (SSSR count). The first-order chi connectivity index (χ1) is 13.4. The van der Waals surface area contributed by atoms with Crippen LogP contribution in [0.15, 0.2) is 71.6 Å². The molecule has 0 aliphatic carbocycles. The summed E-state index contributed by atoms with van der Waals surface area (Å²) in [4.78, 5) is 0.880. The van der Waals surface area contributed by atoms with Crippen molar-refractivity contribution in [3.8, 4) is 0 Å². The fraction of sp³-hybridized carbons (Fsp3) is 0.304. The van der Waals surface area contributed by atoms with Crippen LogP contribution >= 0.6 is 11.8 Å². The Kier molecular flexibility index (Phi) is 7.03. The maximum absolute atomic E-state index is 12.6. The molecule has 0 radical (unpaired) electrons. The number of thioether (sulfide) groups is 1. The van der Waals surface area contributed by atoms with Crippen molar-refractivity contribution in [1.29, 1.82) is 0 Å². The molecular formula is C23H24F3NS. The van der Waals surface area contributed by atoms with Crippen molar-refractivity contribution in [2.45, 2.75) is 36.9 Å². The molecule has 0 spiro atoms. The van der Waals surface area contributed by atoms with Crippen molar-refractivity contribution >= 4 is 22.5 Å². The van der Waals surface area contributed by atoms with E-state index in [0.29, 0.717) is 0 Å². The molecule has 148 valence electrons. The average Bonchev–Trinajstić information content (AvgIpc) is 2.69. The van der Waals surface area contributed by atoms with E-state index in [1.807, 2.05) is 0 Å². The zero-order valence-corrected chi connectivity index (χ0v) is 16.6. The molecule has 3 aromatic rings. The molecule has 0 unspecified atom stereocenters. The van der Waals surface area contributed by atoms with Gasteiger partial charge < -0.3 is 5.32 Å². The van der Waals surface area contributed by atoms with Crippen molar-refractivity contribution in [2.75, 3.05) is 12.3 Å². The van der Waals surface area contributed by atoms with E-state index in [9.17, 15) is 13.2 Å². The van der Waals surface area contributed by atoms with Gasteiger partial charge in [0.25, 0.3) is 0 Å². The Morgan fingerprint density at radius 1 is 0.893 bits per heavy atom. The number of nitrogens with one attached hydrogen (secondary N) is 1. The Bertz CT molecular complexity index is 885. The number of hydrogen-bond acceptors (Lipinski definition) is 2. The molecule has 28 heavy (non-hydrogen) atoms. The summed E-state index contributed by atoms with van der Waals surface area (Å²) >= 11 is 1.60. The van der Waals surface area contributed by atoms with Gasteiger partial charge in [0.1, 0.15) is 0 Å². The number of hydrogen-bond donors (Lipinski definition) is 1. The number of benzene rings is 3. The minimum Gasteiger partial charge on any atom is -0.310 e. The second-order valence-electron chi connectivity index (χ2n) is 6.82. The standard InChI is InChI=1S/C23H24F3NS/c1-17(21-10-6-8-18-7-2-3-9-22(18)21)27-15-4-5-16-28-20-13-11-19(12-14-20)23(24,25)26/h2-3,6-14,17,27H,4-5,15-16H2,1H3/t17-/m1/s1. The zero-order valence-electron chi connectivity index (χ0n) is 15.8. The van der Waals surface area contributed by atoms with Crippen molar-refractivity contribution in [2.24, 2.45) is 0 Å². The topological polar surface area (TPSA) is 12.0 Å². The highest BCUT2D eigenvalue weighted by atomic mass is 32.2. The highest BCUT2D eigenvalue weighted by molar-refractivity contribution is 7.99. The van der Waals surface area contributed by atoms with E-state index >= 15 is 0 Å². The van der Waals surface area contributed by atoms with Gasteiger partial charge >= 0.3 is 6.18 Å². The Hall–Kier alpha value is -1.98. The van der Waals surface area contributed by atoms with Crippen LogP contribution in [0.2, 0.25) is 0 Å². The Labute approximate surface area is 168 Å². The molecule has 0 aliphatic heterocycles. The first-order valence-electron chi connectivity index (χ1n) is 9.46. The van der Waals surface area contributed by atoms with Crippen LogP contribution in [0.25, 0.3) is 10.8 Å². The fourth-order valence-electron chi connectivity index (χ4n) is 3.21. The fourth-order valence-corrected chi connectivity index (χ4v) is 4.13. The van der Waals surface area contributed by atoms with Gasteiger partial charge in [0.15, 0.2) is 0 Å². The first-order valence-corrected chi connectivity index (χ1v) is 10.4. The van der Waals surface area contributed by atoms with E-state index in [1.165, 1.54) is 16.3 Å². The van der Waals surface area contributed by atoms with Gasteiger partial charge in [-0.05, 0) is 72.7 Å². The molecular weight excluding hydrogens is 379 g/mol. The van der Waals surface area contributed by atoms with Crippen LogP contribution in [-0.2, 0) is 6.18 Å². The Morgan fingerprint density at radius 2 is 1.61 bits per heavy atom. The summed E-state index contributed by atoms with van der Waals surface area (Å²) in [6.07, 6.45) is -2.22. The molecule has 1 N–H and O–H groups in total. The van der Waals surface area contributed by atoms with E-state index in [2.05, 4.69) is 54.7 Å². The van der Waals surface area contributed by atoms with Crippen molar-refractivity contribution in [3.63, 3.8) is 0 Å². The lowest BCUT2D eigenvalue weighted by molar-refractivity contribution is -0.137. The van der Waals surface area contributed by atoms with Gasteiger partial charge in [0, 0.05) is 10.9 Å². The monoisotopic (exact) mass is 403 g/mol. The van der Waals surface area contributed by atoms with Crippen LogP contribution in [0, 0.1) is 0 Å². The van der Waals surface area contributed by atoms with E-state index in [4.69, 9.17) is 0 Å². The summed E-state index contributed by atoms with van der Waals surface area (Å²) in [7, 11) is 0. The van der Waals surface area contributed by atoms with Crippen LogP contribution in [0.5, 0.6) is 0 Å². The molecule has 0 saturated heterocycles. The predicted octanol–water partition coefficient (Wildman–Crippen LogP) is 7.08. The number of fused-ring (bicyclic) bond motifs is 1. The molecule has 1 atom stereocenters. The van der Waals surface area contributed by atoms with Crippen molar-refractivity contribution in [3.05, 3.63) is 77.9 Å². The number of rotatable bonds is 8. The van der Waals surface area contributed by atoms with Gasteiger partial charge in [-0.15, -0.1) is 11.8 Å². The van der Waals surface area contributed by atoms with Gasteiger partial charge in [-0.2, -0.15) is 13.2 Å². The quantitative estimate of drug-likeness (QED) is 0.318. The summed E-state index contributed by atoms with van der Waals surface area (Å²) in [6, 6.07) is 20.5. The molecule has 0 amide bonds. The summed E-state index contributed by atoms with van der Waals surface area (Å²) in [5, 5.41) is 6.11. The number of alkyl halides is 3. The lowest BCUT2D eigenvalue weighted by atomic mass is 9.99. The number of halogens is 3. The molecule has 0 fully saturated rings. The van der Waals surface area contributed by atoms with E-state index in [0.717, 1.165) is 42.2 Å². The minimum absolute atomic E-state index is 0.272. The maximum atomic E-state index is 12.6. The molecule has 0 saturated carbocycles. The largest absolute Gasteiger partial charge is 0.416 e. The van der Waals surface area contributed by atoms with E-state index in [1.54, 1.807) is 23.9 Å². The first kappa shape index (κ1) is 20.7. The Morgan fingerprint density at radius 3 is 2.36 bits per heavy atom. The summed E-state index contributed by atoms with van der Waals surface area (Å²) < 4.78 is 37.7. The minimum atomic E-state index is -4.27. The summed E-state index contributed by atoms with van der Waals surface area (Å²) in [5.74, 6) is 0.899. The van der Waals surface area contributed by atoms with Crippen LogP contribution in [0.4, 0.5) is 13.2 Å². The third-order valence-electron chi connectivity index (χ3n) is 4.76. The highest BCUT2D eigenvalue weighted by Crippen LogP contribution is 2.31. The van der Waals surface area contributed by atoms with E-state index in [-0.39, 0.29) is 6.04 Å². The third kappa shape index (κ3) is 5.52. The van der Waals surface area contributed by atoms with Crippen molar-refractivity contribution in [1.82, 2.24) is 5.32 Å². The van der Waals surface area contributed by atoms with Crippen LogP contribution in [0.1, 0.15) is 36.9 Å². The van der Waals surface area contributed by atoms with Crippen molar-refractivity contribution < 1.29 is 13.2 Å². The SMILES string of the molecule is C[C@@H](NCCCCSc1ccc(C(F)(F)F)cc1)c1cccc2ccccc12. The second-order valence-corrected chi connectivity index (χ2v) is 7.99. The van der Waals surface area contributed by atoms with Gasteiger partial charge in [0.05, 0.1) is 5.56 Å². The van der Waals surface area contributed by atoms with Crippen LogP contribution < -0.4 is 5.32 Å². The van der Waals surface area contributed by atoms with Crippen LogP contribution in [-0.4, -0.2) is 12.3 Å². The van der Waals surface area contributed by atoms with Gasteiger partial charge in [-0.1, -0.05) is 42.5 Å². The molecule has 1 nitrogen and oxygen atoms in total. The molecule has 3 aromatic carbocycles. The van der Waals surface area contributed by atoms with Gasteiger partial charge in [0.2, 0.25) is 0 Å². The lowest BCUT2D eigenvalue weighted by Gasteiger charge is -2.16.